The highest BCUT2D eigenvalue weighted by Crippen LogP contribution is 2.29. The minimum absolute atomic E-state index is 0.000426. The molecule has 5 nitrogen and oxygen atoms in total. The number of nitrogens with zero attached hydrogens (tertiary/aromatic N) is 2. The summed E-state index contributed by atoms with van der Waals surface area (Å²) in [4.78, 5) is 29.6. The summed E-state index contributed by atoms with van der Waals surface area (Å²) < 4.78 is 1.50. The summed E-state index contributed by atoms with van der Waals surface area (Å²) in [7, 11) is 0. The van der Waals surface area contributed by atoms with Gasteiger partial charge in [0.25, 0.3) is 5.56 Å². The van der Waals surface area contributed by atoms with Crippen LogP contribution >= 0.6 is 23.4 Å². The number of amides is 1. The van der Waals surface area contributed by atoms with Gasteiger partial charge < -0.3 is 5.73 Å². The number of halogens is 1. The van der Waals surface area contributed by atoms with E-state index in [1.807, 2.05) is 19.9 Å². The summed E-state index contributed by atoms with van der Waals surface area (Å²) in [6.45, 7) is 3.82. The largest absolute Gasteiger partial charge is 0.369 e. The highest BCUT2D eigenvalue weighted by molar-refractivity contribution is 8.00. The molecule has 0 saturated heterocycles. The molecule has 0 fully saturated rings. The minimum Gasteiger partial charge on any atom is -0.369 e. The van der Waals surface area contributed by atoms with Crippen LogP contribution in [0.15, 0.2) is 58.5 Å². The van der Waals surface area contributed by atoms with Gasteiger partial charge in [-0.1, -0.05) is 49.3 Å². The van der Waals surface area contributed by atoms with Crippen LogP contribution in [-0.4, -0.2) is 20.7 Å². The van der Waals surface area contributed by atoms with Crippen molar-refractivity contribution in [1.82, 2.24) is 9.55 Å². The van der Waals surface area contributed by atoms with Gasteiger partial charge in [-0.2, -0.15) is 0 Å². The number of hydrogen-bond acceptors (Lipinski definition) is 4. The van der Waals surface area contributed by atoms with Gasteiger partial charge in [0.05, 0.1) is 21.8 Å². The Morgan fingerprint density at radius 1 is 1.15 bits per heavy atom. The SMILES string of the molecule is CC(C)C(Sc1nc2ccccc2c(=O)n1-c1ccc(Cl)cc1)C(N)=O. The number of para-hydroxylation sites is 1. The van der Waals surface area contributed by atoms with Crippen LogP contribution in [0, 0.1) is 5.92 Å². The number of fused-ring (bicyclic) bond motifs is 1. The molecule has 2 N–H and O–H groups in total. The molecule has 1 amide bonds. The lowest BCUT2D eigenvalue weighted by molar-refractivity contribution is -0.118. The van der Waals surface area contributed by atoms with Gasteiger partial charge in [0, 0.05) is 5.02 Å². The molecule has 1 heterocycles. The van der Waals surface area contributed by atoms with E-state index in [1.54, 1.807) is 42.5 Å². The number of carbonyl (C=O) groups is 1. The minimum atomic E-state index is -0.499. The molecular weight excluding hydrogens is 370 g/mol. The summed E-state index contributed by atoms with van der Waals surface area (Å²) in [5.41, 5.74) is 6.56. The number of aromatic nitrogens is 2. The van der Waals surface area contributed by atoms with E-state index in [-0.39, 0.29) is 11.5 Å². The molecule has 0 radical (unpaired) electrons. The van der Waals surface area contributed by atoms with Gasteiger partial charge >= 0.3 is 0 Å². The van der Waals surface area contributed by atoms with E-state index in [0.717, 1.165) is 0 Å². The number of carbonyl (C=O) groups excluding carboxylic acids is 1. The van der Waals surface area contributed by atoms with Crippen LogP contribution in [0.3, 0.4) is 0 Å². The van der Waals surface area contributed by atoms with Gasteiger partial charge in [-0.3, -0.25) is 14.2 Å². The number of primary amides is 1. The third-order valence-corrected chi connectivity index (χ3v) is 5.72. The lowest BCUT2D eigenvalue weighted by Crippen LogP contribution is -2.31. The molecule has 0 bridgehead atoms. The average Bonchev–Trinajstić information content (AvgIpc) is 2.60. The predicted octanol–water partition coefficient (Wildman–Crippen LogP) is 3.64. The molecular formula is C19H18ClN3O2S. The second-order valence-electron chi connectivity index (χ2n) is 6.21. The molecule has 26 heavy (non-hydrogen) atoms. The zero-order chi connectivity index (χ0) is 18.8. The third kappa shape index (κ3) is 3.61. The van der Waals surface area contributed by atoms with Crippen LogP contribution in [0.4, 0.5) is 0 Å². The Morgan fingerprint density at radius 2 is 1.81 bits per heavy atom. The molecule has 7 heteroatoms. The molecule has 0 aliphatic rings. The fourth-order valence-electron chi connectivity index (χ4n) is 2.65. The molecule has 3 aromatic rings. The molecule has 1 atom stereocenters. The first-order valence-corrected chi connectivity index (χ1v) is 9.38. The lowest BCUT2D eigenvalue weighted by atomic mass is 10.1. The molecule has 1 aromatic heterocycles. The van der Waals surface area contributed by atoms with E-state index in [0.29, 0.717) is 26.8 Å². The molecule has 0 saturated carbocycles. The Hall–Kier alpha value is -2.31. The van der Waals surface area contributed by atoms with E-state index in [2.05, 4.69) is 4.98 Å². The van der Waals surface area contributed by atoms with E-state index >= 15 is 0 Å². The van der Waals surface area contributed by atoms with Gasteiger partial charge in [-0.15, -0.1) is 0 Å². The van der Waals surface area contributed by atoms with E-state index in [4.69, 9.17) is 17.3 Å². The van der Waals surface area contributed by atoms with Crippen LogP contribution in [-0.2, 0) is 4.79 Å². The number of rotatable bonds is 5. The van der Waals surface area contributed by atoms with Crippen molar-refractivity contribution in [2.75, 3.05) is 0 Å². The summed E-state index contributed by atoms with van der Waals surface area (Å²) in [6.07, 6.45) is 0. The normalized spacial score (nSPS) is 12.5. The number of nitrogens with two attached hydrogens (primary N) is 1. The Morgan fingerprint density at radius 3 is 2.42 bits per heavy atom. The van der Waals surface area contributed by atoms with Crippen molar-refractivity contribution in [2.24, 2.45) is 11.7 Å². The Balaban J connectivity index is 2.25. The summed E-state index contributed by atoms with van der Waals surface area (Å²) >= 11 is 7.18. The maximum Gasteiger partial charge on any atom is 0.266 e. The molecule has 134 valence electrons. The number of thioether (sulfide) groups is 1. The van der Waals surface area contributed by atoms with Crippen molar-refractivity contribution in [1.29, 1.82) is 0 Å². The molecule has 1 unspecified atom stereocenters. The van der Waals surface area contributed by atoms with Crippen molar-refractivity contribution in [3.63, 3.8) is 0 Å². The van der Waals surface area contributed by atoms with Crippen LogP contribution in [0.5, 0.6) is 0 Å². The maximum absolute atomic E-state index is 13.1. The molecule has 2 aromatic carbocycles. The summed E-state index contributed by atoms with van der Waals surface area (Å²) in [5, 5.41) is 1.00. The number of benzene rings is 2. The van der Waals surface area contributed by atoms with E-state index in [9.17, 15) is 9.59 Å². The zero-order valence-electron chi connectivity index (χ0n) is 14.3. The molecule has 0 aliphatic heterocycles. The van der Waals surface area contributed by atoms with Crippen molar-refractivity contribution in [2.45, 2.75) is 24.3 Å². The standard InChI is InChI=1S/C19H18ClN3O2S/c1-11(2)16(17(21)24)26-19-22-15-6-4-3-5-14(15)18(25)23(19)13-9-7-12(20)8-10-13/h3-11,16H,1-2H3,(H2,21,24). The Kier molecular flexibility index (Phi) is 5.34. The van der Waals surface area contributed by atoms with E-state index < -0.39 is 11.2 Å². The monoisotopic (exact) mass is 387 g/mol. The van der Waals surface area contributed by atoms with Crippen molar-refractivity contribution in [3.8, 4) is 5.69 Å². The van der Waals surface area contributed by atoms with Gasteiger partial charge in [0.1, 0.15) is 0 Å². The zero-order valence-corrected chi connectivity index (χ0v) is 15.9. The third-order valence-electron chi connectivity index (χ3n) is 3.95. The molecule has 0 spiro atoms. The highest BCUT2D eigenvalue weighted by atomic mass is 35.5. The first-order chi connectivity index (χ1) is 12.4. The summed E-state index contributed by atoms with van der Waals surface area (Å²) in [5.74, 6) is -0.436. The fraction of sp³-hybridized carbons (Fsp3) is 0.211. The lowest BCUT2D eigenvalue weighted by Gasteiger charge is -2.19. The van der Waals surface area contributed by atoms with Crippen LogP contribution in [0.2, 0.25) is 5.02 Å². The van der Waals surface area contributed by atoms with Crippen LogP contribution < -0.4 is 11.3 Å². The fourth-order valence-corrected chi connectivity index (χ4v) is 3.83. The van der Waals surface area contributed by atoms with Crippen molar-refractivity contribution < 1.29 is 4.79 Å². The Labute approximate surface area is 160 Å². The smallest absolute Gasteiger partial charge is 0.266 e. The second kappa shape index (κ2) is 7.51. The van der Waals surface area contributed by atoms with Crippen LogP contribution in [0.1, 0.15) is 13.8 Å². The summed E-state index contributed by atoms with van der Waals surface area (Å²) in [6, 6.07) is 14.1. The molecule has 3 rings (SSSR count). The van der Waals surface area contributed by atoms with Crippen molar-refractivity contribution >= 4 is 40.2 Å². The van der Waals surface area contributed by atoms with E-state index in [1.165, 1.54) is 16.3 Å². The first kappa shape index (κ1) is 18.5. The quantitative estimate of drug-likeness (QED) is 0.535. The topological polar surface area (TPSA) is 78.0 Å². The maximum atomic E-state index is 13.1. The van der Waals surface area contributed by atoms with Gasteiger partial charge in [-0.25, -0.2) is 4.98 Å². The Bertz CT molecular complexity index is 1020. The average molecular weight is 388 g/mol. The molecule has 0 aliphatic carbocycles. The predicted molar refractivity (Wildman–Crippen MR) is 106 cm³/mol. The van der Waals surface area contributed by atoms with Gasteiger partial charge in [0.2, 0.25) is 5.91 Å². The number of hydrogen-bond donors (Lipinski definition) is 1. The van der Waals surface area contributed by atoms with Gasteiger partial charge in [0.15, 0.2) is 5.16 Å². The van der Waals surface area contributed by atoms with Gasteiger partial charge in [-0.05, 0) is 42.3 Å². The second-order valence-corrected chi connectivity index (χ2v) is 7.76. The first-order valence-electron chi connectivity index (χ1n) is 8.12. The highest BCUT2D eigenvalue weighted by Gasteiger charge is 2.24. The van der Waals surface area contributed by atoms with Crippen molar-refractivity contribution in [3.05, 3.63) is 63.9 Å². The van der Waals surface area contributed by atoms with Crippen LogP contribution in [0.25, 0.3) is 16.6 Å².